The number of anilines is 2. The van der Waals surface area contributed by atoms with E-state index in [-0.39, 0.29) is 0 Å². The number of hydrogen-bond acceptors (Lipinski definition) is 5. The molecule has 1 aromatic carbocycles. The minimum Gasteiger partial charge on any atom is -0.325 e. The summed E-state index contributed by atoms with van der Waals surface area (Å²) in [4.78, 5) is 13.5. The van der Waals surface area contributed by atoms with Crippen molar-refractivity contribution in [3.05, 3.63) is 59.0 Å². The molecule has 6 nitrogen and oxygen atoms in total. The summed E-state index contributed by atoms with van der Waals surface area (Å²) >= 11 is 6.04. The Kier molecular flexibility index (Phi) is 3.29. The topological polar surface area (TPSA) is 78.9 Å². The number of nitrogens with one attached hydrogen (secondary N) is 1. The normalized spacial score (nSPS) is 10.9. The number of benzene rings is 1. The van der Waals surface area contributed by atoms with Gasteiger partial charge in [-0.15, -0.1) is 0 Å². The monoisotopic (exact) mass is 334 g/mol. The predicted octanol–water partition coefficient (Wildman–Crippen LogP) is 3.85. The van der Waals surface area contributed by atoms with E-state index in [0.717, 1.165) is 11.4 Å². The second-order valence-electron chi connectivity index (χ2n) is 5.35. The van der Waals surface area contributed by atoms with Crippen LogP contribution < -0.4 is 5.32 Å². The Balaban J connectivity index is 1.96. The SMILES string of the molecule is Cc1cn2c(Nc3cccc(Cl)c3)nc3cc(C#N)cnc3c2n1. The second-order valence-corrected chi connectivity index (χ2v) is 5.79. The molecule has 0 saturated carbocycles. The minimum atomic E-state index is 0.455. The zero-order chi connectivity index (χ0) is 16.7. The molecule has 0 aliphatic heterocycles. The second kappa shape index (κ2) is 5.48. The van der Waals surface area contributed by atoms with E-state index in [1.165, 1.54) is 6.20 Å². The molecule has 0 unspecified atom stereocenters. The molecule has 0 spiro atoms. The van der Waals surface area contributed by atoms with Crippen molar-refractivity contribution in [1.29, 1.82) is 5.26 Å². The summed E-state index contributed by atoms with van der Waals surface area (Å²) in [6, 6.07) is 11.2. The first-order valence-electron chi connectivity index (χ1n) is 7.22. The highest BCUT2D eigenvalue weighted by molar-refractivity contribution is 6.30. The quantitative estimate of drug-likeness (QED) is 0.602. The maximum Gasteiger partial charge on any atom is 0.213 e. The molecule has 4 rings (SSSR count). The molecule has 0 fully saturated rings. The Bertz CT molecular complexity index is 1130. The number of hydrogen-bond donors (Lipinski definition) is 1. The molecule has 0 aliphatic rings. The van der Waals surface area contributed by atoms with Gasteiger partial charge in [0.05, 0.1) is 16.8 Å². The highest BCUT2D eigenvalue weighted by Gasteiger charge is 2.12. The lowest BCUT2D eigenvalue weighted by Crippen LogP contribution is -2.03. The number of nitrogens with zero attached hydrogens (tertiary/aromatic N) is 5. The van der Waals surface area contributed by atoms with Gasteiger partial charge in [0, 0.05) is 23.1 Å². The van der Waals surface area contributed by atoms with Crippen molar-refractivity contribution in [2.24, 2.45) is 0 Å². The fraction of sp³-hybridized carbons (Fsp3) is 0.0588. The van der Waals surface area contributed by atoms with Gasteiger partial charge >= 0.3 is 0 Å². The number of aromatic nitrogens is 4. The summed E-state index contributed by atoms with van der Waals surface area (Å²) in [6.07, 6.45) is 3.41. The zero-order valence-corrected chi connectivity index (χ0v) is 13.4. The van der Waals surface area contributed by atoms with Crippen LogP contribution in [0, 0.1) is 18.3 Å². The first kappa shape index (κ1) is 14.4. The van der Waals surface area contributed by atoms with Gasteiger partial charge in [0.15, 0.2) is 5.65 Å². The molecule has 0 radical (unpaired) electrons. The summed E-state index contributed by atoms with van der Waals surface area (Å²) in [6.45, 7) is 1.91. The lowest BCUT2D eigenvalue weighted by Gasteiger charge is -2.10. The summed E-state index contributed by atoms with van der Waals surface area (Å²) in [5, 5.41) is 13.0. The Labute approximate surface area is 142 Å². The van der Waals surface area contributed by atoms with Crippen molar-refractivity contribution in [3.63, 3.8) is 0 Å². The van der Waals surface area contributed by atoms with Crippen molar-refractivity contribution < 1.29 is 0 Å². The number of halogens is 1. The lowest BCUT2D eigenvalue weighted by molar-refractivity contribution is 1.11. The number of aryl methyl sites for hydroxylation is 1. The van der Waals surface area contributed by atoms with Crippen molar-refractivity contribution in [2.45, 2.75) is 6.92 Å². The molecule has 3 aromatic heterocycles. The van der Waals surface area contributed by atoms with Crippen LogP contribution in [0.2, 0.25) is 5.02 Å². The van der Waals surface area contributed by atoms with E-state index in [2.05, 4.69) is 26.3 Å². The van der Waals surface area contributed by atoms with Gasteiger partial charge in [0.25, 0.3) is 0 Å². The highest BCUT2D eigenvalue weighted by atomic mass is 35.5. The van der Waals surface area contributed by atoms with Gasteiger partial charge in [-0.25, -0.2) is 15.0 Å². The standard InChI is InChI=1S/C17H11ClN6/c1-10-9-24-16(21-10)15-14(5-11(7-19)8-20-15)23-17(24)22-13-4-2-3-12(18)6-13/h2-6,8-9H,1H3,(H,22,23). The predicted molar refractivity (Wildman–Crippen MR) is 92.5 cm³/mol. The average Bonchev–Trinajstić information content (AvgIpc) is 2.96. The smallest absolute Gasteiger partial charge is 0.213 e. The third-order valence-electron chi connectivity index (χ3n) is 3.57. The van der Waals surface area contributed by atoms with E-state index in [1.54, 1.807) is 12.1 Å². The highest BCUT2D eigenvalue weighted by Crippen LogP contribution is 2.24. The number of rotatable bonds is 2. The molecule has 1 N–H and O–H groups in total. The van der Waals surface area contributed by atoms with Gasteiger partial charge in [0.2, 0.25) is 5.95 Å². The molecule has 4 aromatic rings. The molecule has 0 amide bonds. The van der Waals surface area contributed by atoms with Gasteiger partial charge in [-0.1, -0.05) is 17.7 Å². The summed E-state index contributed by atoms with van der Waals surface area (Å²) in [7, 11) is 0. The van der Waals surface area contributed by atoms with Crippen LogP contribution >= 0.6 is 11.6 Å². The Morgan fingerprint density at radius 3 is 2.92 bits per heavy atom. The maximum atomic E-state index is 9.08. The van der Waals surface area contributed by atoms with Crippen molar-refractivity contribution in [1.82, 2.24) is 19.4 Å². The van der Waals surface area contributed by atoms with Crippen molar-refractivity contribution in [3.8, 4) is 6.07 Å². The van der Waals surface area contributed by atoms with Crippen molar-refractivity contribution >= 4 is 39.9 Å². The molecular formula is C17H11ClN6. The number of imidazole rings is 1. The van der Waals surface area contributed by atoms with E-state index in [1.807, 2.05) is 35.7 Å². The number of fused-ring (bicyclic) bond motifs is 3. The van der Waals surface area contributed by atoms with E-state index >= 15 is 0 Å². The van der Waals surface area contributed by atoms with Gasteiger partial charge in [-0.3, -0.25) is 4.40 Å². The summed E-state index contributed by atoms with van der Waals surface area (Å²) in [5.41, 5.74) is 4.06. The molecule has 7 heteroatoms. The van der Waals surface area contributed by atoms with E-state index < -0.39 is 0 Å². The van der Waals surface area contributed by atoms with E-state index in [4.69, 9.17) is 16.9 Å². The van der Waals surface area contributed by atoms with E-state index in [0.29, 0.717) is 33.2 Å². The number of nitriles is 1. The van der Waals surface area contributed by atoms with Crippen LogP contribution in [0.3, 0.4) is 0 Å². The minimum absolute atomic E-state index is 0.455. The Morgan fingerprint density at radius 2 is 2.12 bits per heavy atom. The van der Waals surface area contributed by atoms with Crippen molar-refractivity contribution in [2.75, 3.05) is 5.32 Å². The first-order valence-corrected chi connectivity index (χ1v) is 7.60. The third kappa shape index (κ3) is 2.41. The number of pyridine rings is 1. The van der Waals surface area contributed by atoms with Gasteiger partial charge in [-0.2, -0.15) is 5.26 Å². The Morgan fingerprint density at radius 1 is 1.25 bits per heavy atom. The molecule has 0 aliphatic carbocycles. The first-order chi connectivity index (χ1) is 11.6. The van der Waals surface area contributed by atoms with Crippen LogP contribution in [0.4, 0.5) is 11.6 Å². The van der Waals surface area contributed by atoms with Gasteiger partial charge < -0.3 is 5.32 Å². The molecule has 3 heterocycles. The van der Waals surface area contributed by atoms with Crippen LogP contribution in [0.1, 0.15) is 11.3 Å². The Hall–Kier alpha value is -3.17. The third-order valence-corrected chi connectivity index (χ3v) is 3.81. The molecular weight excluding hydrogens is 324 g/mol. The van der Waals surface area contributed by atoms with Gasteiger partial charge in [-0.05, 0) is 31.2 Å². The maximum absolute atomic E-state index is 9.08. The van der Waals surface area contributed by atoms with Crippen LogP contribution in [-0.4, -0.2) is 19.4 Å². The zero-order valence-electron chi connectivity index (χ0n) is 12.7. The largest absolute Gasteiger partial charge is 0.325 e. The van der Waals surface area contributed by atoms with Crippen LogP contribution in [0.25, 0.3) is 16.7 Å². The molecule has 0 saturated heterocycles. The van der Waals surface area contributed by atoms with E-state index in [9.17, 15) is 0 Å². The van der Waals surface area contributed by atoms with Crippen LogP contribution in [0.5, 0.6) is 0 Å². The van der Waals surface area contributed by atoms with Crippen LogP contribution in [0.15, 0.2) is 42.7 Å². The fourth-order valence-electron chi connectivity index (χ4n) is 2.55. The van der Waals surface area contributed by atoms with Gasteiger partial charge in [0.1, 0.15) is 11.6 Å². The van der Waals surface area contributed by atoms with Crippen LogP contribution in [-0.2, 0) is 0 Å². The summed E-state index contributed by atoms with van der Waals surface area (Å²) in [5.74, 6) is 0.581. The summed E-state index contributed by atoms with van der Waals surface area (Å²) < 4.78 is 1.84. The lowest BCUT2D eigenvalue weighted by atomic mass is 10.2. The molecule has 0 bridgehead atoms. The molecule has 0 atom stereocenters. The molecule has 24 heavy (non-hydrogen) atoms. The fourth-order valence-corrected chi connectivity index (χ4v) is 2.74. The molecule has 116 valence electrons. The average molecular weight is 335 g/mol.